The second kappa shape index (κ2) is 5.64. The Kier molecular flexibility index (Phi) is 4.18. The number of aliphatic hydroxyl groups excluding tert-OH is 1. The van der Waals surface area contributed by atoms with Crippen LogP contribution in [0.4, 0.5) is 5.69 Å². The zero-order valence-corrected chi connectivity index (χ0v) is 10.9. The van der Waals surface area contributed by atoms with Crippen LogP contribution in [0, 0.1) is 0 Å². The van der Waals surface area contributed by atoms with Gasteiger partial charge in [-0.05, 0) is 47.7 Å². The number of pyridine rings is 1. The molecule has 2 rings (SSSR count). The lowest BCUT2D eigenvalue weighted by Crippen LogP contribution is -2.41. The monoisotopic (exact) mass is 284 g/mol. The SMILES string of the molecule is OCCCN(c1ccncc1Br)C1CCC1. The molecule has 1 aromatic heterocycles. The summed E-state index contributed by atoms with van der Waals surface area (Å²) in [6.45, 7) is 1.18. The Labute approximate surface area is 105 Å². The van der Waals surface area contributed by atoms with E-state index in [9.17, 15) is 0 Å². The van der Waals surface area contributed by atoms with Crippen molar-refractivity contribution in [3.63, 3.8) is 0 Å². The van der Waals surface area contributed by atoms with Gasteiger partial charge in [-0.2, -0.15) is 0 Å². The van der Waals surface area contributed by atoms with Gasteiger partial charge in [0.05, 0.1) is 10.2 Å². The maximum atomic E-state index is 8.95. The Morgan fingerprint density at radius 1 is 1.50 bits per heavy atom. The smallest absolute Gasteiger partial charge is 0.0592 e. The first-order valence-corrected chi connectivity index (χ1v) is 6.59. The van der Waals surface area contributed by atoms with Crippen LogP contribution in [0.2, 0.25) is 0 Å². The maximum Gasteiger partial charge on any atom is 0.0592 e. The Morgan fingerprint density at radius 2 is 2.31 bits per heavy atom. The first-order chi connectivity index (χ1) is 7.83. The largest absolute Gasteiger partial charge is 0.396 e. The van der Waals surface area contributed by atoms with Crippen LogP contribution in [0.3, 0.4) is 0 Å². The van der Waals surface area contributed by atoms with E-state index in [1.165, 1.54) is 24.9 Å². The van der Waals surface area contributed by atoms with Crippen LogP contribution in [-0.4, -0.2) is 29.3 Å². The normalized spacial score (nSPS) is 15.9. The molecule has 0 bridgehead atoms. The lowest BCUT2D eigenvalue weighted by Gasteiger charge is -2.39. The molecule has 1 saturated carbocycles. The van der Waals surface area contributed by atoms with Crippen molar-refractivity contribution in [2.24, 2.45) is 0 Å². The minimum absolute atomic E-state index is 0.256. The van der Waals surface area contributed by atoms with Crippen LogP contribution < -0.4 is 4.90 Å². The maximum absolute atomic E-state index is 8.95. The zero-order chi connectivity index (χ0) is 11.4. The second-order valence-corrected chi connectivity index (χ2v) is 5.04. The van der Waals surface area contributed by atoms with Gasteiger partial charge in [-0.3, -0.25) is 4.98 Å². The van der Waals surface area contributed by atoms with Gasteiger partial charge in [0.2, 0.25) is 0 Å². The van der Waals surface area contributed by atoms with Crippen molar-refractivity contribution in [1.82, 2.24) is 4.98 Å². The highest BCUT2D eigenvalue weighted by Gasteiger charge is 2.25. The molecular formula is C12H17BrN2O. The summed E-state index contributed by atoms with van der Waals surface area (Å²) in [5, 5.41) is 8.95. The summed E-state index contributed by atoms with van der Waals surface area (Å²) in [7, 11) is 0. The van der Waals surface area contributed by atoms with Gasteiger partial charge < -0.3 is 10.0 Å². The summed E-state index contributed by atoms with van der Waals surface area (Å²) in [5.41, 5.74) is 1.20. The van der Waals surface area contributed by atoms with E-state index in [0.29, 0.717) is 6.04 Å². The fourth-order valence-electron chi connectivity index (χ4n) is 2.04. The molecular weight excluding hydrogens is 268 g/mol. The molecule has 0 aromatic carbocycles. The van der Waals surface area contributed by atoms with Crippen molar-refractivity contribution < 1.29 is 5.11 Å². The van der Waals surface area contributed by atoms with Crippen LogP contribution in [0.15, 0.2) is 22.9 Å². The van der Waals surface area contributed by atoms with Gasteiger partial charge in [-0.25, -0.2) is 0 Å². The summed E-state index contributed by atoms with van der Waals surface area (Å²) in [5.74, 6) is 0. The molecule has 0 radical (unpaired) electrons. The predicted molar refractivity (Wildman–Crippen MR) is 68.6 cm³/mol. The summed E-state index contributed by atoms with van der Waals surface area (Å²) < 4.78 is 1.04. The van der Waals surface area contributed by atoms with E-state index in [-0.39, 0.29) is 6.61 Å². The van der Waals surface area contributed by atoms with E-state index in [2.05, 4.69) is 25.8 Å². The first kappa shape index (κ1) is 11.9. The summed E-state index contributed by atoms with van der Waals surface area (Å²) >= 11 is 3.54. The van der Waals surface area contributed by atoms with Gasteiger partial charge in [-0.1, -0.05) is 0 Å². The molecule has 1 aromatic rings. The van der Waals surface area contributed by atoms with Crippen molar-refractivity contribution in [2.45, 2.75) is 31.7 Å². The van der Waals surface area contributed by atoms with Crippen LogP contribution in [-0.2, 0) is 0 Å². The van der Waals surface area contributed by atoms with Crippen molar-refractivity contribution in [2.75, 3.05) is 18.1 Å². The number of hydrogen-bond donors (Lipinski definition) is 1. The highest BCUT2D eigenvalue weighted by atomic mass is 79.9. The second-order valence-electron chi connectivity index (χ2n) is 4.18. The minimum atomic E-state index is 0.256. The van der Waals surface area contributed by atoms with E-state index in [0.717, 1.165) is 17.4 Å². The molecule has 1 N–H and O–H groups in total. The molecule has 1 fully saturated rings. The lowest BCUT2D eigenvalue weighted by atomic mass is 9.91. The molecule has 88 valence electrons. The van der Waals surface area contributed by atoms with Gasteiger partial charge >= 0.3 is 0 Å². The summed E-state index contributed by atoms with van der Waals surface area (Å²) in [6.07, 6.45) is 8.33. The van der Waals surface area contributed by atoms with E-state index in [1.54, 1.807) is 0 Å². The Bertz CT molecular complexity index is 342. The van der Waals surface area contributed by atoms with Crippen LogP contribution in [0.5, 0.6) is 0 Å². The van der Waals surface area contributed by atoms with Crippen molar-refractivity contribution in [3.05, 3.63) is 22.9 Å². The molecule has 1 aliphatic carbocycles. The van der Waals surface area contributed by atoms with E-state index in [1.807, 2.05) is 18.5 Å². The first-order valence-electron chi connectivity index (χ1n) is 5.80. The highest BCUT2D eigenvalue weighted by molar-refractivity contribution is 9.10. The lowest BCUT2D eigenvalue weighted by molar-refractivity contribution is 0.283. The molecule has 16 heavy (non-hydrogen) atoms. The number of anilines is 1. The van der Waals surface area contributed by atoms with Gasteiger partial charge in [0, 0.05) is 31.6 Å². The minimum Gasteiger partial charge on any atom is -0.396 e. The van der Waals surface area contributed by atoms with Gasteiger partial charge in [0.1, 0.15) is 0 Å². The molecule has 0 amide bonds. The van der Waals surface area contributed by atoms with Crippen LogP contribution in [0.25, 0.3) is 0 Å². The van der Waals surface area contributed by atoms with E-state index in [4.69, 9.17) is 5.11 Å². The fraction of sp³-hybridized carbons (Fsp3) is 0.583. The van der Waals surface area contributed by atoms with Gasteiger partial charge in [0.25, 0.3) is 0 Å². The molecule has 0 atom stereocenters. The number of aromatic nitrogens is 1. The highest BCUT2D eigenvalue weighted by Crippen LogP contribution is 2.33. The third kappa shape index (κ3) is 2.55. The Morgan fingerprint density at radius 3 is 2.88 bits per heavy atom. The molecule has 3 nitrogen and oxygen atoms in total. The number of rotatable bonds is 5. The quantitative estimate of drug-likeness (QED) is 0.903. The average Bonchev–Trinajstić information content (AvgIpc) is 2.22. The molecule has 0 aliphatic heterocycles. The molecule has 0 spiro atoms. The number of hydrogen-bond acceptors (Lipinski definition) is 3. The Balaban J connectivity index is 2.13. The fourth-order valence-corrected chi connectivity index (χ4v) is 2.52. The van der Waals surface area contributed by atoms with Crippen molar-refractivity contribution in [1.29, 1.82) is 0 Å². The van der Waals surface area contributed by atoms with E-state index < -0.39 is 0 Å². The standard InChI is InChI=1S/C12H17BrN2O/c13-11-9-14-6-5-12(11)15(7-2-8-16)10-3-1-4-10/h5-6,9-10,16H,1-4,7-8H2. The third-order valence-electron chi connectivity index (χ3n) is 3.13. The molecule has 1 aliphatic rings. The van der Waals surface area contributed by atoms with Gasteiger partial charge in [-0.15, -0.1) is 0 Å². The topological polar surface area (TPSA) is 36.4 Å². The number of halogens is 1. The number of nitrogens with zero attached hydrogens (tertiary/aromatic N) is 2. The molecule has 4 heteroatoms. The van der Waals surface area contributed by atoms with Crippen molar-refractivity contribution >= 4 is 21.6 Å². The number of aliphatic hydroxyl groups is 1. The zero-order valence-electron chi connectivity index (χ0n) is 9.27. The molecule has 0 unspecified atom stereocenters. The molecule has 1 heterocycles. The average molecular weight is 285 g/mol. The van der Waals surface area contributed by atoms with Crippen LogP contribution in [0.1, 0.15) is 25.7 Å². The molecule has 0 saturated heterocycles. The Hall–Kier alpha value is -0.610. The predicted octanol–water partition coefficient (Wildman–Crippen LogP) is 2.59. The van der Waals surface area contributed by atoms with Crippen LogP contribution >= 0.6 is 15.9 Å². The summed E-state index contributed by atoms with van der Waals surface area (Å²) in [4.78, 5) is 6.48. The third-order valence-corrected chi connectivity index (χ3v) is 3.74. The van der Waals surface area contributed by atoms with E-state index >= 15 is 0 Å². The summed E-state index contributed by atoms with van der Waals surface area (Å²) in [6, 6.07) is 2.69. The van der Waals surface area contributed by atoms with Gasteiger partial charge in [0.15, 0.2) is 0 Å². The van der Waals surface area contributed by atoms with Crippen molar-refractivity contribution in [3.8, 4) is 0 Å².